The van der Waals surface area contributed by atoms with Crippen LogP contribution < -0.4 is 0 Å². The second-order valence-electron chi connectivity index (χ2n) is 4.17. The molecule has 0 amide bonds. The third kappa shape index (κ3) is 4.35. The number of benzene rings is 2. The average Bonchev–Trinajstić information content (AvgIpc) is 2.53. The van der Waals surface area contributed by atoms with Gasteiger partial charge >= 0.3 is 0 Å². The van der Waals surface area contributed by atoms with Crippen molar-refractivity contribution in [2.24, 2.45) is 3.77 Å². The van der Waals surface area contributed by atoms with E-state index in [1.54, 1.807) is 0 Å². The minimum Gasteiger partial charge on any atom is -0.305 e. The van der Waals surface area contributed by atoms with Crippen LogP contribution in [0.4, 0.5) is 5.69 Å². The van der Waals surface area contributed by atoms with Crippen LogP contribution in [-0.2, 0) is 25.2 Å². The van der Waals surface area contributed by atoms with Crippen LogP contribution in [0.2, 0.25) is 5.02 Å². The molecular weight excluding hydrogens is 364 g/mol. The number of hydrogen-bond donors (Lipinski definition) is 0. The van der Waals surface area contributed by atoms with Crippen molar-refractivity contribution < 1.29 is 17.5 Å². The van der Waals surface area contributed by atoms with E-state index in [1.165, 1.54) is 55.6 Å². The highest BCUT2D eigenvalue weighted by molar-refractivity contribution is 7.98. The van der Waals surface area contributed by atoms with Crippen molar-refractivity contribution in [3.8, 4) is 0 Å². The van der Waals surface area contributed by atoms with Crippen molar-refractivity contribution in [3.05, 3.63) is 63.7 Å². The normalized spacial score (nSPS) is 13.0. The first-order valence-electron chi connectivity index (χ1n) is 6.10. The molecule has 0 saturated heterocycles. The zero-order valence-corrected chi connectivity index (χ0v) is 14.1. The fourth-order valence-corrected chi connectivity index (χ4v) is 4.40. The van der Waals surface area contributed by atoms with Crippen LogP contribution in [0, 0.1) is 10.1 Å². The standard InChI is InChI=1S/C13H11ClN2O5S2/c1-21-22(12-6-4-11(5-7-12)16(17)18)15-23(19,20)13-8-2-10(14)3-9-13/h2-9H,1H3. The van der Waals surface area contributed by atoms with Crippen molar-refractivity contribution in [1.29, 1.82) is 0 Å². The Kier molecular flexibility index (Phi) is 5.47. The van der Waals surface area contributed by atoms with Gasteiger partial charge in [-0.3, -0.25) is 10.1 Å². The van der Waals surface area contributed by atoms with Gasteiger partial charge in [-0.2, -0.15) is 8.42 Å². The van der Waals surface area contributed by atoms with Crippen molar-refractivity contribution in [1.82, 2.24) is 0 Å². The molecule has 0 heterocycles. The number of nitrogens with zero attached hydrogens (tertiary/aromatic N) is 2. The Hall–Kier alpha value is -1.81. The van der Waals surface area contributed by atoms with E-state index in [4.69, 9.17) is 15.8 Å². The molecule has 0 saturated carbocycles. The molecule has 2 aromatic rings. The van der Waals surface area contributed by atoms with E-state index in [9.17, 15) is 18.5 Å². The minimum atomic E-state index is -3.94. The van der Waals surface area contributed by atoms with Crippen LogP contribution in [0.1, 0.15) is 0 Å². The summed E-state index contributed by atoms with van der Waals surface area (Å²) in [5, 5.41) is 11.0. The van der Waals surface area contributed by atoms with E-state index in [0.717, 1.165) is 0 Å². The van der Waals surface area contributed by atoms with E-state index < -0.39 is 25.9 Å². The summed E-state index contributed by atoms with van der Waals surface area (Å²) in [6, 6.07) is 10.9. The van der Waals surface area contributed by atoms with E-state index in [-0.39, 0.29) is 10.6 Å². The molecule has 1 unspecified atom stereocenters. The Bertz CT molecular complexity index is 849. The number of rotatable bonds is 5. The Labute approximate surface area is 140 Å². The van der Waals surface area contributed by atoms with Crippen molar-refractivity contribution in [2.75, 3.05) is 7.11 Å². The first-order valence-corrected chi connectivity index (χ1v) is 9.03. The Morgan fingerprint density at radius 1 is 1.13 bits per heavy atom. The molecule has 2 rings (SSSR count). The van der Waals surface area contributed by atoms with Gasteiger partial charge in [-0.15, -0.1) is 3.77 Å². The van der Waals surface area contributed by atoms with Crippen LogP contribution in [0.5, 0.6) is 0 Å². The van der Waals surface area contributed by atoms with Gasteiger partial charge in [0.1, 0.15) is 0 Å². The Morgan fingerprint density at radius 2 is 1.70 bits per heavy atom. The molecule has 0 aromatic heterocycles. The smallest absolute Gasteiger partial charge is 0.290 e. The number of sulfonamides is 1. The van der Waals surface area contributed by atoms with Gasteiger partial charge in [-0.25, -0.2) is 0 Å². The molecule has 0 aliphatic rings. The Morgan fingerprint density at radius 3 is 2.17 bits per heavy atom. The van der Waals surface area contributed by atoms with Gasteiger partial charge < -0.3 is 4.18 Å². The molecular formula is C13H11ClN2O5S2. The monoisotopic (exact) mass is 374 g/mol. The maximum atomic E-state index is 12.3. The SMILES string of the molecule is CO/S(=N/S(=O)(=O)c1ccc(Cl)cc1)c1ccc([N+](=O)[O-])cc1. The molecule has 10 heteroatoms. The second-order valence-corrected chi connectivity index (χ2v) is 7.93. The van der Waals surface area contributed by atoms with E-state index in [2.05, 4.69) is 3.77 Å². The van der Waals surface area contributed by atoms with Gasteiger partial charge in [0.15, 0.2) is 0 Å². The number of nitro benzene ring substituents is 1. The van der Waals surface area contributed by atoms with E-state index >= 15 is 0 Å². The topological polar surface area (TPSA) is 98.9 Å². The molecule has 0 radical (unpaired) electrons. The maximum Gasteiger partial charge on any atom is 0.290 e. The highest BCUT2D eigenvalue weighted by Crippen LogP contribution is 2.21. The molecule has 0 fully saturated rings. The quantitative estimate of drug-likeness (QED) is 0.590. The molecule has 0 spiro atoms. The summed E-state index contributed by atoms with van der Waals surface area (Å²) in [7, 11) is -4.04. The lowest BCUT2D eigenvalue weighted by atomic mass is 10.3. The third-order valence-corrected chi connectivity index (χ3v) is 6.12. The highest BCUT2D eigenvalue weighted by Gasteiger charge is 2.16. The Balaban J connectivity index is 2.41. The summed E-state index contributed by atoms with van der Waals surface area (Å²) in [5.41, 5.74) is -0.103. The fraction of sp³-hybridized carbons (Fsp3) is 0.0769. The van der Waals surface area contributed by atoms with Gasteiger partial charge in [0.2, 0.25) is 0 Å². The number of halogens is 1. The summed E-state index contributed by atoms with van der Waals surface area (Å²) in [5.74, 6) is 0. The third-order valence-electron chi connectivity index (χ3n) is 2.68. The minimum absolute atomic E-state index is 0.0154. The summed E-state index contributed by atoms with van der Waals surface area (Å²) in [4.78, 5) is 10.5. The molecule has 0 bridgehead atoms. The highest BCUT2D eigenvalue weighted by atomic mass is 35.5. The zero-order valence-electron chi connectivity index (χ0n) is 11.7. The summed E-state index contributed by atoms with van der Waals surface area (Å²) in [6.45, 7) is 0. The number of nitro groups is 1. The molecule has 2 aromatic carbocycles. The maximum absolute atomic E-state index is 12.3. The zero-order chi connectivity index (χ0) is 17.0. The summed E-state index contributed by atoms with van der Waals surface area (Å²) >= 11 is 5.73. The largest absolute Gasteiger partial charge is 0.305 e. The van der Waals surface area contributed by atoms with Crippen LogP contribution in [-0.4, -0.2) is 20.5 Å². The van der Waals surface area contributed by atoms with Gasteiger partial charge in [0.05, 0.1) is 27.9 Å². The molecule has 0 aliphatic carbocycles. The number of non-ortho nitro benzene ring substituents is 1. The number of hydrogen-bond acceptors (Lipinski definition) is 5. The van der Waals surface area contributed by atoms with Crippen LogP contribution in [0.25, 0.3) is 0 Å². The van der Waals surface area contributed by atoms with E-state index in [1.807, 2.05) is 0 Å². The lowest BCUT2D eigenvalue weighted by Crippen LogP contribution is -2.02. The first-order chi connectivity index (χ1) is 10.8. The molecule has 7 nitrogen and oxygen atoms in total. The average molecular weight is 375 g/mol. The van der Waals surface area contributed by atoms with Crippen LogP contribution >= 0.6 is 11.6 Å². The molecule has 1 atom stereocenters. The summed E-state index contributed by atoms with van der Waals surface area (Å²) < 4.78 is 33.4. The molecule has 0 aliphatic heterocycles. The molecule has 0 N–H and O–H groups in total. The molecule has 23 heavy (non-hydrogen) atoms. The van der Waals surface area contributed by atoms with Gasteiger partial charge in [-0.05, 0) is 36.4 Å². The van der Waals surface area contributed by atoms with Gasteiger partial charge in [-0.1, -0.05) is 11.6 Å². The van der Waals surface area contributed by atoms with Crippen molar-refractivity contribution >= 4 is 38.3 Å². The van der Waals surface area contributed by atoms with Crippen molar-refractivity contribution in [2.45, 2.75) is 9.79 Å². The van der Waals surface area contributed by atoms with Crippen molar-refractivity contribution in [3.63, 3.8) is 0 Å². The van der Waals surface area contributed by atoms with Crippen LogP contribution in [0.3, 0.4) is 0 Å². The summed E-state index contributed by atoms with van der Waals surface area (Å²) in [6.07, 6.45) is 0. The second kappa shape index (κ2) is 7.18. The lowest BCUT2D eigenvalue weighted by molar-refractivity contribution is -0.384. The van der Waals surface area contributed by atoms with Crippen LogP contribution in [0.15, 0.2) is 62.1 Å². The van der Waals surface area contributed by atoms with Gasteiger partial charge in [0, 0.05) is 22.1 Å². The predicted molar refractivity (Wildman–Crippen MR) is 86.8 cm³/mol. The van der Waals surface area contributed by atoms with Gasteiger partial charge in [0.25, 0.3) is 15.7 Å². The van der Waals surface area contributed by atoms with E-state index in [0.29, 0.717) is 9.92 Å². The molecule has 122 valence electrons. The predicted octanol–water partition coefficient (Wildman–Crippen LogP) is 3.36. The fourth-order valence-electron chi connectivity index (χ4n) is 1.59. The first kappa shape index (κ1) is 17.5. The lowest BCUT2D eigenvalue weighted by Gasteiger charge is -2.06.